The van der Waals surface area contributed by atoms with Gasteiger partial charge < -0.3 is 10.6 Å². The molecule has 0 radical (unpaired) electrons. The van der Waals surface area contributed by atoms with Crippen LogP contribution in [0.5, 0.6) is 0 Å². The van der Waals surface area contributed by atoms with Crippen molar-refractivity contribution in [1.29, 1.82) is 0 Å². The molecule has 1 aliphatic rings. The van der Waals surface area contributed by atoms with Gasteiger partial charge in [-0.25, -0.2) is 0 Å². The van der Waals surface area contributed by atoms with Crippen LogP contribution in [0.3, 0.4) is 0 Å². The lowest BCUT2D eigenvalue weighted by atomic mass is 9.85. The molecule has 0 heterocycles. The van der Waals surface area contributed by atoms with Gasteiger partial charge in [0.15, 0.2) is 0 Å². The van der Waals surface area contributed by atoms with Crippen LogP contribution in [-0.2, 0) is 0 Å². The Morgan fingerprint density at radius 1 is 0.810 bits per heavy atom. The molecule has 0 saturated heterocycles. The summed E-state index contributed by atoms with van der Waals surface area (Å²) in [5.41, 5.74) is 0.333. The summed E-state index contributed by atoms with van der Waals surface area (Å²) in [5, 5.41) is 7.38. The first-order valence-corrected chi connectivity index (χ1v) is 8.32. The first-order valence-electron chi connectivity index (χ1n) is 8.32. The lowest BCUT2D eigenvalue weighted by Gasteiger charge is -2.32. The maximum absolute atomic E-state index is 4.07. The van der Waals surface area contributed by atoms with Crippen molar-refractivity contribution in [2.24, 2.45) is 23.7 Å². The first-order chi connectivity index (χ1) is 9.57. The van der Waals surface area contributed by atoms with E-state index in [0.29, 0.717) is 23.7 Å². The van der Waals surface area contributed by atoms with Gasteiger partial charge in [-0.05, 0) is 84.7 Å². The van der Waals surface area contributed by atoms with E-state index in [0.717, 1.165) is 13.1 Å². The van der Waals surface area contributed by atoms with Crippen molar-refractivity contribution in [3.05, 3.63) is 25.3 Å². The predicted molar refractivity (Wildman–Crippen MR) is 94.5 cm³/mol. The molecule has 0 amide bonds. The summed E-state index contributed by atoms with van der Waals surface area (Å²) in [6, 6.07) is 0. The topological polar surface area (TPSA) is 24.1 Å². The van der Waals surface area contributed by atoms with Crippen LogP contribution in [0.2, 0.25) is 0 Å². The molecule has 1 aliphatic carbocycles. The Hall–Kier alpha value is -0.600. The second kappa shape index (κ2) is 7.11. The molecule has 2 N–H and O–H groups in total. The summed E-state index contributed by atoms with van der Waals surface area (Å²) in [6.45, 7) is 23.7. The van der Waals surface area contributed by atoms with E-state index >= 15 is 0 Å². The first kappa shape index (κ1) is 18.4. The third-order valence-electron chi connectivity index (χ3n) is 4.54. The average Bonchev–Trinajstić information content (AvgIpc) is 2.69. The van der Waals surface area contributed by atoms with Crippen LogP contribution < -0.4 is 10.6 Å². The van der Waals surface area contributed by atoms with E-state index in [2.05, 4.69) is 77.5 Å². The minimum atomic E-state index is 0.167. The molecule has 0 spiro atoms. The molecular weight excluding hydrogens is 256 g/mol. The predicted octanol–water partition coefficient (Wildman–Crippen LogP) is 4.00. The zero-order chi connectivity index (χ0) is 16.3. The van der Waals surface area contributed by atoms with E-state index in [1.54, 1.807) is 0 Å². The maximum atomic E-state index is 4.07. The standard InChI is InChI=1S/C19H36N2/c1-9-14-11-15(10-2)17(13-21-19(6,7)8)16(14)12-20-18(3,4)5/h9-10,14-17,20-21H,1-2,11-13H2,3-8H3. The Morgan fingerprint density at radius 3 is 1.38 bits per heavy atom. The Morgan fingerprint density at radius 2 is 1.14 bits per heavy atom. The minimum absolute atomic E-state index is 0.167. The number of allylic oxidation sites excluding steroid dienone is 2. The fourth-order valence-electron chi connectivity index (χ4n) is 3.29. The molecule has 1 saturated carbocycles. The van der Waals surface area contributed by atoms with E-state index in [4.69, 9.17) is 0 Å². The van der Waals surface area contributed by atoms with Crippen LogP contribution in [-0.4, -0.2) is 24.2 Å². The van der Waals surface area contributed by atoms with Gasteiger partial charge >= 0.3 is 0 Å². The van der Waals surface area contributed by atoms with E-state index in [-0.39, 0.29) is 11.1 Å². The van der Waals surface area contributed by atoms with Crippen LogP contribution in [0.1, 0.15) is 48.0 Å². The van der Waals surface area contributed by atoms with Gasteiger partial charge in [0.05, 0.1) is 0 Å². The molecule has 0 aromatic heterocycles. The number of rotatable bonds is 6. The zero-order valence-electron chi connectivity index (χ0n) is 15.0. The lowest BCUT2D eigenvalue weighted by Crippen LogP contribution is -2.45. The second-order valence-corrected chi connectivity index (χ2v) is 8.62. The minimum Gasteiger partial charge on any atom is -0.312 e. The van der Waals surface area contributed by atoms with Crippen LogP contribution in [0.25, 0.3) is 0 Å². The van der Waals surface area contributed by atoms with Crippen LogP contribution in [0, 0.1) is 23.7 Å². The molecule has 2 nitrogen and oxygen atoms in total. The van der Waals surface area contributed by atoms with Gasteiger partial charge in [0.1, 0.15) is 0 Å². The lowest BCUT2D eigenvalue weighted by molar-refractivity contribution is 0.252. The second-order valence-electron chi connectivity index (χ2n) is 8.62. The Kier molecular flexibility index (Phi) is 6.24. The van der Waals surface area contributed by atoms with Crippen molar-refractivity contribution >= 4 is 0 Å². The summed E-state index contributed by atoms with van der Waals surface area (Å²) in [7, 11) is 0. The van der Waals surface area contributed by atoms with Gasteiger partial charge in [-0.2, -0.15) is 0 Å². The van der Waals surface area contributed by atoms with Crippen molar-refractivity contribution < 1.29 is 0 Å². The highest BCUT2D eigenvalue weighted by atomic mass is 15.0. The summed E-state index contributed by atoms with van der Waals surface area (Å²) >= 11 is 0. The molecule has 1 fully saturated rings. The number of nitrogens with one attached hydrogen (secondary N) is 2. The fourth-order valence-corrected chi connectivity index (χ4v) is 3.29. The number of hydrogen-bond donors (Lipinski definition) is 2. The fraction of sp³-hybridized carbons (Fsp3) is 0.789. The van der Waals surface area contributed by atoms with Crippen LogP contribution >= 0.6 is 0 Å². The van der Waals surface area contributed by atoms with Gasteiger partial charge in [-0.15, -0.1) is 13.2 Å². The largest absolute Gasteiger partial charge is 0.312 e. The molecule has 4 atom stereocenters. The molecule has 0 bridgehead atoms. The van der Waals surface area contributed by atoms with Gasteiger partial charge in [0, 0.05) is 11.1 Å². The Bertz CT molecular complexity index is 312. The van der Waals surface area contributed by atoms with E-state index in [1.165, 1.54) is 6.42 Å². The highest BCUT2D eigenvalue weighted by molar-refractivity contribution is 5.04. The van der Waals surface area contributed by atoms with Crippen molar-refractivity contribution in [3.8, 4) is 0 Å². The molecule has 1 rings (SSSR count). The summed E-state index contributed by atoms with van der Waals surface area (Å²) in [4.78, 5) is 0. The summed E-state index contributed by atoms with van der Waals surface area (Å²) in [6.07, 6.45) is 5.51. The van der Waals surface area contributed by atoms with E-state index in [9.17, 15) is 0 Å². The molecular formula is C19H36N2. The van der Waals surface area contributed by atoms with Gasteiger partial charge in [0.2, 0.25) is 0 Å². The average molecular weight is 293 g/mol. The van der Waals surface area contributed by atoms with Crippen LogP contribution in [0.15, 0.2) is 25.3 Å². The normalized spacial score (nSPS) is 30.4. The SMILES string of the molecule is C=CC1CC(C=C)C(CNC(C)(C)C)C1CNC(C)(C)C. The van der Waals surface area contributed by atoms with Gasteiger partial charge in [-0.3, -0.25) is 0 Å². The molecule has 0 aromatic rings. The molecule has 0 aliphatic heterocycles. The summed E-state index contributed by atoms with van der Waals surface area (Å²) in [5.74, 6) is 2.46. The number of hydrogen-bond acceptors (Lipinski definition) is 2. The quantitative estimate of drug-likeness (QED) is 0.723. The third kappa shape index (κ3) is 5.96. The highest BCUT2D eigenvalue weighted by Gasteiger charge is 2.40. The van der Waals surface area contributed by atoms with Crippen molar-refractivity contribution in [3.63, 3.8) is 0 Å². The maximum Gasteiger partial charge on any atom is 0.00966 e. The van der Waals surface area contributed by atoms with E-state index in [1.807, 2.05) is 0 Å². The Labute approximate surface area is 132 Å². The molecule has 21 heavy (non-hydrogen) atoms. The van der Waals surface area contributed by atoms with Crippen molar-refractivity contribution in [2.45, 2.75) is 59.0 Å². The third-order valence-corrected chi connectivity index (χ3v) is 4.54. The molecule has 4 unspecified atom stereocenters. The molecule has 122 valence electrons. The van der Waals surface area contributed by atoms with Gasteiger partial charge in [0.25, 0.3) is 0 Å². The zero-order valence-corrected chi connectivity index (χ0v) is 15.0. The monoisotopic (exact) mass is 292 g/mol. The highest BCUT2D eigenvalue weighted by Crippen LogP contribution is 2.42. The summed E-state index contributed by atoms with van der Waals surface area (Å²) < 4.78 is 0. The van der Waals surface area contributed by atoms with Gasteiger partial charge in [-0.1, -0.05) is 12.2 Å². The van der Waals surface area contributed by atoms with Crippen molar-refractivity contribution in [1.82, 2.24) is 10.6 Å². The molecule has 2 heteroatoms. The van der Waals surface area contributed by atoms with Crippen molar-refractivity contribution in [2.75, 3.05) is 13.1 Å². The molecule has 0 aromatic carbocycles. The Balaban J connectivity index is 2.79. The smallest absolute Gasteiger partial charge is 0.00966 e. The van der Waals surface area contributed by atoms with Crippen LogP contribution in [0.4, 0.5) is 0 Å². The van der Waals surface area contributed by atoms with E-state index < -0.39 is 0 Å².